The summed E-state index contributed by atoms with van der Waals surface area (Å²) in [5, 5.41) is 3.62. The van der Waals surface area contributed by atoms with Crippen LogP contribution in [-0.2, 0) is 0 Å². The lowest BCUT2D eigenvalue weighted by molar-refractivity contribution is 0.189. The van der Waals surface area contributed by atoms with E-state index < -0.39 is 0 Å². The topological polar surface area (TPSA) is 12.0 Å². The zero-order valence-electron chi connectivity index (χ0n) is 15.3. The van der Waals surface area contributed by atoms with Crippen molar-refractivity contribution in [1.82, 2.24) is 5.32 Å². The van der Waals surface area contributed by atoms with Gasteiger partial charge in [-0.25, -0.2) is 0 Å². The van der Waals surface area contributed by atoms with Gasteiger partial charge in [0, 0.05) is 12.2 Å². The molecule has 0 amide bonds. The second-order valence-electron chi connectivity index (χ2n) is 8.47. The van der Waals surface area contributed by atoms with Crippen molar-refractivity contribution < 1.29 is 0 Å². The Kier molecular flexibility index (Phi) is 5.25. The van der Waals surface area contributed by atoms with Crippen LogP contribution in [-0.4, -0.2) is 6.54 Å². The molecule has 0 bridgehead atoms. The molecular formula is C21H35N. The van der Waals surface area contributed by atoms with Gasteiger partial charge in [0.1, 0.15) is 0 Å². The van der Waals surface area contributed by atoms with Gasteiger partial charge < -0.3 is 5.32 Å². The highest BCUT2D eigenvalue weighted by Crippen LogP contribution is 2.46. The molecule has 0 saturated heterocycles. The maximum absolute atomic E-state index is 4.49. The van der Waals surface area contributed by atoms with Crippen molar-refractivity contribution in [2.24, 2.45) is 10.8 Å². The third-order valence-corrected chi connectivity index (χ3v) is 6.12. The average Bonchev–Trinajstić information content (AvgIpc) is 2.60. The first-order valence-electron chi connectivity index (χ1n) is 9.10. The second kappa shape index (κ2) is 6.64. The van der Waals surface area contributed by atoms with Crippen molar-refractivity contribution in [3.63, 3.8) is 0 Å². The minimum absolute atomic E-state index is 0.338. The molecule has 1 spiro atoms. The van der Waals surface area contributed by atoms with E-state index in [0.717, 1.165) is 18.7 Å². The molecule has 0 aromatic carbocycles. The van der Waals surface area contributed by atoms with Crippen molar-refractivity contribution in [2.45, 2.75) is 79.1 Å². The summed E-state index contributed by atoms with van der Waals surface area (Å²) in [5.41, 5.74) is 6.09. The second-order valence-corrected chi connectivity index (χ2v) is 8.47. The quantitative estimate of drug-likeness (QED) is 0.657. The van der Waals surface area contributed by atoms with Gasteiger partial charge in [0.2, 0.25) is 0 Å². The maximum atomic E-state index is 4.49. The number of rotatable bonds is 4. The summed E-state index contributed by atoms with van der Waals surface area (Å²) in [6, 6.07) is 0. The highest BCUT2D eigenvalue weighted by Gasteiger charge is 2.36. The molecule has 1 N–H and O–H groups in total. The third-order valence-electron chi connectivity index (χ3n) is 6.12. The molecule has 1 fully saturated rings. The minimum atomic E-state index is 0.338. The van der Waals surface area contributed by atoms with Crippen LogP contribution in [0.5, 0.6) is 0 Å². The van der Waals surface area contributed by atoms with Gasteiger partial charge in [0.05, 0.1) is 0 Å². The predicted molar refractivity (Wildman–Crippen MR) is 97.8 cm³/mol. The van der Waals surface area contributed by atoms with Gasteiger partial charge in [-0.3, -0.25) is 0 Å². The van der Waals surface area contributed by atoms with Crippen LogP contribution in [0.1, 0.15) is 79.1 Å². The van der Waals surface area contributed by atoms with E-state index in [4.69, 9.17) is 0 Å². The number of allylic oxidation sites excluding steroid dienone is 3. The van der Waals surface area contributed by atoms with E-state index in [-0.39, 0.29) is 0 Å². The number of hydrogen-bond donors (Lipinski definition) is 1. The molecule has 0 atom stereocenters. The predicted octanol–water partition coefficient (Wildman–Crippen LogP) is 6.14. The molecule has 22 heavy (non-hydrogen) atoms. The Morgan fingerprint density at radius 1 is 1.23 bits per heavy atom. The Balaban J connectivity index is 2.26. The molecule has 2 aliphatic rings. The average molecular weight is 302 g/mol. The molecule has 1 aliphatic heterocycles. The molecule has 1 nitrogen and oxygen atoms in total. The summed E-state index contributed by atoms with van der Waals surface area (Å²) in [6.07, 6.45) is 10.4. The number of hydrogen-bond acceptors (Lipinski definition) is 1. The van der Waals surface area contributed by atoms with Gasteiger partial charge in [0.15, 0.2) is 0 Å². The highest BCUT2D eigenvalue weighted by atomic mass is 14.9. The molecule has 0 radical (unpaired) electrons. The lowest BCUT2D eigenvalue weighted by Gasteiger charge is -2.38. The molecule has 0 aromatic heterocycles. The van der Waals surface area contributed by atoms with E-state index in [9.17, 15) is 0 Å². The summed E-state index contributed by atoms with van der Waals surface area (Å²) >= 11 is 0. The van der Waals surface area contributed by atoms with Crippen LogP contribution in [0.4, 0.5) is 0 Å². The molecule has 1 aliphatic carbocycles. The lowest BCUT2D eigenvalue weighted by Crippen LogP contribution is -2.34. The van der Waals surface area contributed by atoms with Crippen molar-refractivity contribution >= 4 is 0 Å². The first-order valence-corrected chi connectivity index (χ1v) is 9.10. The van der Waals surface area contributed by atoms with Gasteiger partial charge in [-0.2, -0.15) is 0 Å². The lowest BCUT2D eigenvalue weighted by atomic mass is 9.68. The van der Waals surface area contributed by atoms with Crippen LogP contribution in [0, 0.1) is 10.8 Å². The molecule has 1 heterocycles. The summed E-state index contributed by atoms with van der Waals surface area (Å²) in [4.78, 5) is 0. The first kappa shape index (κ1) is 17.4. The molecule has 1 saturated carbocycles. The molecule has 0 unspecified atom stereocenters. The highest BCUT2D eigenvalue weighted by molar-refractivity contribution is 5.43. The fraction of sp³-hybridized carbons (Fsp3) is 0.714. The Hall–Kier alpha value is -0.980. The van der Waals surface area contributed by atoms with Crippen LogP contribution >= 0.6 is 0 Å². The zero-order valence-corrected chi connectivity index (χ0v) is 15.3. The van der Waals surface area contributed by atoms with E-state index in [2.05, 4.69) is 46.2 Å². The summed E-state index contributed by atoms with van der Waals surface area (Å²) < 4.78 is 0. The molecular weight excluding hydrogens is 266 g/mol. The van der Waals surface area contributed by atoms with Crippen LogP contribution in [0.2, 0.25) is 0 Å². The Morgan fingerprint density at radius 2 is 1.86 bits per heavy atom. The van der Waals surface area contributed by atoms with E-state index >= 15 is 0 Å². The van der Waals surface area contributed by atoms with Crippen LogP contribution in [0.3, 0.4) is 0 Å². The molecule has 1 heteroatoms. The van der Waals surface area contributed by atoms with E-state index in [1.54, 1.807) is 0 Å². The van der Waals surface area contributed by atoms with Gasteiger partial charge in [0.25, 0.3) is 0 Å². The van der Waals surface area contributed by atoms with Gasteiger partial charge in [-0.15, -0.1) is 0 Å². The SMILES string of the molecule is C=C(CC(C)(C)CC)C1=C(C)C(=C)NCC2(CCCCC2)C1. The summed E-state index contributed by atoms with van der Waals surface area (Å²) in [5.74, 6) is 0. The smallest absolute Gasteiger partial charge is 0.0299 e. The Morgan fingerprint density at radius 3 is 2.45 bits per heavy atom. The van der Waals surface area contributed by atoms with Crippen molar-refractivity contribution in [2.75, 3.05) is 6.54 Å². The van der Waals surface area contributed by atoms with E-state index in [1.165, 1.54) is 61.7 Å². The van der Waals surface area contributed by atoms with Gasteiger partial charge in [-0.05, 0) is 54.6 Å². The fourth-order valence-corrected chi connectivity index (χ4v) is 4.03. The normalized spacial score (nSPS) is 22.5. The van der Waals surface area contributed by atoms with E-state index in [0.29, 0.717) is 10.8 Å². The molecule has 2 rings (SSSR count). The Bertz CT molecular complexity index is 472. The third kappa shape index (κ3) is 3.86. The molecule has 0 aromatic rings. The fourth-order valence-electron chi connectivity index (χ4n) is 4.03. The molecule has 124 valence electrons. The Labute approximate surface area is 138 Å². The van der Waals surface area contributed by atoms with Crippen LogP contribution in [0.15, 0.2) is 35.6 Å². The maximum Gasteiger partial charge on any atom is 0.0299 e. The van der Waals surface area contributed by atoms with Gasteiger partial charge in [-0.1, -0.05) is 65.2 Å². The van der Waals surface area contributed by atoms with Crippen LogP contribution < -0.4 is 5.32 Å². The first-order chi connectivity index (χ1) is 10.3. The monoisotopic (exact) mass is 301 g/mol. The van der Waals surface area contributed by atoms with Crippen molar-refractivity contribution in [3.8, 4) is 0 Å². The van der Waals surface area contributed by atoms with Crippen molar-refractivity contribution in [3.05, 3.63) is 35.6 Å². The minimum Gasteiger partial charge on any atom is -0.385 e. The standard InChI is InChI=1S/C21H35N/c1-7-20(5,6)13-16(2)19-14-21(11-9-8-10-12-21)15-22-18(4)17(19)3/h22H,2,4,7-15H2,1,3,5-6H3. The van der Waals surface area contributed by atoms with Crippen molar-refractivity contribution in [1.29, 1.82) is 0 Å². The van der Waals surface area contributed by atoms with Crippen LogP contribution in [0.25, 0.3) is 0 Å². The summed E-state index contributed by atoms with van der Waals surface area (Å²) in [7, 11) is 0. The zero-order chi connectivity index (χ0) is 16.4. The largest absolute Gasteiger partial charge is 0.385 e. The van der Waals surface area contributed by atoms with E-state index in [1.807, 2.05) is 0 Å². The summed E-state index contributed by atoms with van der Waals surface area (Å²) in [6.45, 7) is 19.1. The number of nitrogens with one attached hydrogen (secondary N) is 1. The van der Waals surface area contributed by atoms with Gasteiger partial charge >= 0.3 is 0 Å².